The maximum absolute atomic E-state index is 12.5. The second kappa shape index (κ2) is 7.90. The largest absolute Gasteiger partial charge is 0.482 e. The summed E-state index contributed by atoms with van der Waals surface area (Å²) in [5, 5.41) is 7.91. The summed E-state index contributed by atoms with van der Waals surface area (Å²) in [6, 6.07) is 10.7. The Bertz CT molecular complexity index is 1040. The number of hydrogen-bond donors (Lipinski definition) is 2. The average Bonchev–Trinajstić information content (AvgIpc) is 2.63. The Hall–Kier alpha value is -2.43. The second-order valence-corrected chi connectivity index (χ2v) is 8.76. The number of amides is 2. The molecule has 0 saturated heterocycles. The number of fused-ring (bicyclic) bond motifs is 1. The first kappa shape index (κ1) is 20.3. The number of primary sulfonamides is 1. The van der Waals surface area contributed by atoms with Gasteiger partial charge in [-0.25, -0.2) is 13.6 Å². The summed E-state index contributed by atoms with van der Waals surface area (Å²) in [5.74, 6) is -0.206. The summed E-state index contributed by atoms with van der Waals surface area (Å²) in [6.45, 7) is 1.38. The molecule has 3 rings (SSSR count). The molecule has 0 spiro atoms. The molecule has 10 heteroatoms. The molecular weight excluding hydrogens is 450 g/mol. The molecule has 28 heavy (non-hydrogen) atoms. The zero-order chi connectivity index (χ0) is 20.5. The van der Waals surface area contributed by atoms with E-state index in [0.29, 0.717) is 17.0 Å². The lowest BCUT2D eigenvalue weighted by Gasteiger charge is -2.29. The summed E-state index contributed by atoms with van der Waals surface area (Å²) in [6.07, 6.45) is 0. The average molecular weight is 468 g/mol. The fourth-order valence-corrected chi connectivity index (χ4v) is 3.74. The molecule has 0 saturated carbocycles. The molecule has 2 amide bonds. The number of sulfonamides is 1. The van der Waals surface area contributed by atoms with Crippen LogP contribution in [0.15, 0.2) is 51.8 Å². The standard InChI is InChI=1S/C18H18BrN3O5S/c1-11(12-3-2-4-14(7-12)28(20,25)26)21-17(23)9-22-15-6-5-13(19)8-16(15)27-10-18(22)24/h2-8,11H,9-10H2,1H3,(H,21,23)(H2,20,25,26). The highest BCUT2D eigenvalue weighted by Crippen LogP contribution is 2.34. The normalized spacial score (nSPS) is 14.8. The molecule has 3 N–H and O–H groups in total. The van der Waals surface area contributed by atoms with Crippen LogP contribution in [0.25, 0.3) is 0 Å². The molecule has 0 aliphatic carbocycles. The molecule has 0 bridgehead atoms. The molecule has 1 heterocycles. The van der Waals surface area contributed by atoms with Crippen molar-refractivity contribution in [3.8, 4) is 5.75 Å². The molecule has 0 fully saturated rings. The van der Waals surface area contributed by atoms with Crippen molar-refractivity contribution >= 4 is 43.5 Å². The van der Waals surface area contributed by atoms with Crippen LogP contribution in [0, 0.1) is 0 Å². The van der Waals surface area contributed by atoms with E-state index in [-0.39, 0.29) is 24.0 Å². The molecule has 148 valence electrons. The summed E-state index contributed by atoms with van der Waals surface area (Å²) >= 11 is 3.34. The number of nitrogens with one attached hydrogen (secondary N) is 1. The van der Waals surface area contributed by atoms with Gasteiger partial charge in [-0.2, -0.15) is 0 Å². The van der Waals surface area contributed by atoms with Gasteiger partial charge in [0.15, 0.2) is 6.61 Å². The highest BCUT2D eigenvalue weighted by molar-refractivity contribution is 9.10. The van der Waals surface area contributed by atoms with Gasteiger partial charge >= 0.3 is 0 Å². The molecule has 0 radical (unpaired) electrons. The van der Waals surface area contributed by atoms with Crippen LogP contribution < -0.4 is 20.1 Å². The van der Waals surface area contributed by atoms with Crippen LogP contribution >= 0.6 is 15.9 Å². The van der Waals surface area contributed by atoms with Crippen molar-refractivity contribution in [1.29, 1.82) is 0 Å². The second-order valence-electron chi connectivity index (χ2n) is 6.29. The predicted molar refractivity (Wildman–Crippen MR) is 106 cm³/mol. The van der Waals surface area contributed by atoms with Gasteiger partial charge in [0, 0.05) is 4.47 Å². The van der Waals surface area contributed by atoms with Crippen LogP contribution in [0.3, 0.4) is 0 Å². The van der Waals surface area contributed by atoms with Crippen LogP contribution in [0.1, 0.15) is 18.5 Å². The molecule has 0 aromatic heterocycles. The fourth-order valence-electron chi connectivity index (χ4n) is 2.83. The number of carbonyl (C=O) groups is 2. The summed E-state index contributed by atoms with van der Waals surface area (Å²) in [7, 11) is -3.84. The van der Waals surface area contributed by atoms with Crippen molar-refractivity contribution in [1.82, 2.24) is 5.32 Å². The summed E-state index contributed by atoms with van der Waals surface area (Å²) in [5.41, 5.74) is 1.09. The van der Waals surface area contributed by atoms with Gasteiger partial charge in [0.25, 0.3) is 5.91 Å². The summed E-state index contributed by atoms with van der Waals surface area (Å²) in [4.78, 5) is 26.0. The third-order valence-corrected chi connectivity index (χ3v) is 5.63. The Morgan fingerprint density at radius 3 is 2.79 bits per heavy atom. The number of halogens is 1. The first-order chi connectivity index (χ1) is 13.1. The third kappa shape index (κ3) is 4.51. The molecule has 1 unspecified atom stereocenters. The molecule has 1 atom stereocenters. The minimum atomic E-state index is -3.84. The highest BCUT2D eigenvalue weighted by Gasteiger charge is 2.28. The SMILES string of the molecule is CC(NC(=O)CN1C(=O)COc2cc(Br)ccc21)c1cccc(S(N)(=O)=O)c1. The van der Waals surface area contributed by atoms with E-state index in [4.69, 9.17) is 9.88 Å². The van der Waals surface area contributed by atoms with E-state index in [1.54, 1.807) is 37.3 Å². The Morgan fingerprint density at radius 1 is 1.32 bits per heavy atom. The van der Waals surface area contributed by atoms with Gasteiger partial charge in [0.1, 0.15) is 12.3 Å². The van der Waals surface area contributed by atoms with E-state index in [1.807, 2.05) is 0 Å². The van der Waals surface area contributed by atoms with E-state index in [1.165, 1.54) is 17.0 Å². The predicted octanol–water partition coefficient (Wildman–Crippen LogP) is 1.70. The van der Waals surface area contributed by atoms with E-state index in [2.05, 4.69) is 21.2 Å². The number of anilines is 1. The molecule has 2 aromatic rings. The fraction of sp³-hybridized carbons (Fsp3) is 0.222. The first-order valence-corrected chi connectivity index (χ1v) is 10.6. The maximum atomic E-state index is 12.5. The number of nitrogens with zero attached hydrogens (tertiary/aromatic N) is 1. The Balaban J connectivity index is 1.73. The van der Waals surface area contributed by atoms with E-state index in [9.17, 15) is 18.0 Å². The smallest absolute Gasteiger partial charge is 0.265 e. The quantitative estimate of drug-likeness (QED) is 0.693. The lowest BCUT2D eigenvalue weighted by molar-refractivity contribution is -0.125. The lowest BCUT2D eigenvalue weighted by atomic mass is 10.1. The van der Waals surface area contributed by atoms with E-state index >= 15 is 0 Å². The highest BCUT2D eigenvalue weighted by atomic mass is 79.9. The molecule has 1 aliphatic rings. The van der Waals surface area contributed by atoms with Crippen molar-refractivity contribution in [2.45, 2.75) is 17.9 Å². The number of carbonyl (C=O) groups excluding carboxylic acids is 2. The molecule has 8 nitrogen and oxygen atoms in total. The van der Waals surface area contributed by atoms with E-state index < -0.39 is 22.0 Å². The van der Waals surface area contributed by atoms with Crippen molar-refractivity contribution < 1.29 is 22.7 Å². The Morgan fingerprint density at radius 2 is 2.07 bits per heavy atom. The van der Waals surface area contributed by atoms with E-state index in [0.717, 1.165) is 4.47 Å². The van der Waals surface area contributed by atoms with Crippen molar-refractivity contribution in [3.05, 3.63) is 52.5 Å². The number of nitrogens with two attached hydrogens (primary N) is 1. The van der Waals surface area contributed by atoms with Crippen LogP contribution in [0.5, 0.6) is 5.75 Å². The van der Waals surface area contributed by atoms with Crippen LogP contribution in [0.4, 0.5) is 5.69 Å². The number of ether oxygens (including phenoxy) is 1. The minimum absolute atomic E-state index is 0.0334. The van der Waals surface area contributed by atoms with Gasteiger partial charge in [-0.05, 0) is 42.8 Å². The number of hydrogen-bond acceptors (Lipinski definition) is 5. The molecule has 2 aromatic carbocycles. The Kier molecular flexibility index (Phi) is 5.73. The molecule has 1 aliphatic heterocycles. The number of rotatable bonds is 5. The minimum Gasteiger partial charge on any atom is -0.482 e. The van der Waals surface area contributed by atoms with Gasteiger partial charge in [0.05, 0.1) is 16.6 Å². The van der Waals surface area contributed by atoms with Crippen LogP contribution in [0.2, 0.25) is 0 Å². The van der Waals surface area contributed by atoms with Gasteiger partial charge < -0.3 is 10.1 Å². The van der Waals surface area contributed by atoms with Crippen LogP contribution in [-0.2, 0) is 19.6 Å². The van der Waals surface area contributed by atoms with Crippen molar-refractivity contribution in [2.75, 3.05) is 18.1 Å². The van der Waals surface area contributed by atoms with Crippen LogP contribution in [-0.4, -0.2) is 33.4 Å². The monoisotopic (exact) mass is 467 g/mol. The van der Waals surface area contributed by atoms with Crippen molar-refractivity contribution in [2.24, 2.45) is 5.14 Å². The topological polar surface area (TPSA) is 119 Å². The van der Waals surface area contributed by atoms with Gasteiger partial charge in [-0.1, -0.05) is 28.1 Å². The summed E-state index contributed by atoms with van der Waals surface area (Å²) < 4.78 is 29.2. The van der Waals surface area contributed by atoms with Gasteiger partial charge in [0.2, 0.25) is 15.9 Å². The number of benzene rings is 2. The Labute approximate surface area is 170 Å². The molecular formula is C18H18BrN3O5S. The zero-order valence-corrected chi connectivity index (χ0v) is 17.3. The van der Waals surface area contributed by atoms with Gasteiger partial charge in [-0.15, -0.1) is 0 Å². The van der Waals surface area contributed by atoms with Crippen molar-refractivity contribution in [3.63, 3.8) is 0 Å². The van der Waals surface area contributed by atoms with Gasteiger partial charge in [-0.3, -0.25) is 14.5 Å². The third-order valence-electron chi connectivity index (χ3n) is 4.23. The first-order valence-electron chi connectivity index (χ1n) is 8.30. The maximum Gasteiger partial charge on any atom is 0.265 e. The lowest BCUT2D eigenvalue weighted by Crippen LogP contribution is -2.45. The zero-order valence-electron chi connectivity index (χ0n) is 14.9.